The monoisotopic (exact) mass is 652 g/mol. The number of aryl methyl sites for hydroxylation is 1. The molecule has 14 heteroatoms. The number of hydrogen-bond donors (Lipinski definition) is 1. The summed E-state index contributed by atoms with van der Waals surface area (Å²) >= 11 is 0. The highest BCUT2D eigenvalue weighted by Crippen LogP contribution is 2.35. The van der Waals surface area contributed by atoms with Crippen LogP contribution in [0, 0.1) is 13.8 Å². The van der Waals surface area contributed by atoms with E-state index < -0.39 is 21.8 Å². The number of amides is 1. The molecule has 3 aliphatic heterocycles. The molecule has 2 aromatic rings. The molecule has 1 aromatic heterocycles. The van der Waals surface area contributed by atoms with Crippen molar-refractivity contribution in [2.45, 2.75) is 82.8 Å². The number of piperidine rings is 2. The minimum absolute atomic E-state index is 0.0328. The Bertz CT molecular complexity index is 1460. The highest BCUT2D eigenvalue weighted by atomic mass is 32.2. The van der Waals surface area contributed by atoms with Crippen molar-refractivity contribution in [2.24, 2.45) is 0 Å². The number of ether oxygens (including phenoxy) is 1. The lowest BCUT2D eigenvalue weighted by atomic mass is 9.97. The van der Waals surface area contributed by atoms with Gasteiger partial charge in [-0.1, -0.05) is 12.1 Å². The Morgan fingerprint density at radius 2 is 1.64 bits per heavy atom. The zero-order valence-electron chi connectivity index (χ0n) is 26.3. The second-order valence-electron chi connectivity index (χ2n) is 12.5. The summed E-state index contributed by atoms with van der Waals surface area (Å²) in [6, 6.07) is 5.52. The van der Waals surface area contributed by atoms with Gasteiger partial charge in [0.2, 0.25) is 10.0 Å². The van der Waals surface area contributed by atoms with Crippen molar-refractivity contribution < 1.29 is 31.1 Å². The van der Waals surface area contributed by atoms with E-state index >= 15 is 0 Å². The molecule has 0 spiro atoms. The van der Waals surface area contributed by atoms with Crippen LogP contribution in [0.1, 0.15) is 77.6 Å². The number of likely N-dealkylation sites (tertiary alicyclic amines) is 2. The number of aromatic nitrogens is 2. The van der Waals surface area contributed by atoms with E-state index in [0.717, 1.165) is 62.9 Å². The van der Waals surface area contributed by atoms with Crippen molar-refractivity contribution >= 4 is 21.7 Å². The molecule has 248 valence electrons. The standard InChI is InChI=1S/C31H43F3N6O4S/c1-20-28(30(41)40-17-13-25(14-18-40)39-15-11-24(12-16-39)38(3)45(4,42)43)36-21(2)37-29(20)35-19-26-9-10-27(44-26)22-5-7-23(8-6-22)31(32,33)34/h5-8,24-27H,9-19H2,1-4H3,(H,35,36,37). The maximum absolute atomic E-state index is 13.6. The average Bonchev–Trinajstić information content (AvgIpc) is 3.49. The Balaban J connectivity index is 1.13. The van der Waals surface area contributed by atoms with Gasteiger partial charge in [0, 0.05) is 44.3 Å². The Kier molecular flexibility index (Phi) is 10.1. The van der Waals surface area contributed by atoms with E-state index in [9.17, 15) is 26.4 Å². The number of hydrogen-bond acceptors (Lipinski definition) is 8. The van der Waals surface area contributed by atoms with Crippen molar-refractivity contribution in [1.82, 2.24) is 24.1 Å². The zero-order chi connectivity index (χ0) is 32.5. The van der Waals surface area contributed by atoms with Crippen molar-refractivity contribution in [3.63, 3.8) is 0 Å². The zero-order valence-corrected chi connectivity index (χ0v) is 27.1. The van der Waals surface area contributed by atoms with Crippen LogP contribution in [0.4, 0.5) is 19.0 Å². The van der Waals surface area contributed by atoms with E-state index in [1.165, 1.54) is 22.7 Å². The SMILES string of the molecule is Cc1nc(NCC2CCC(c3ccc(C(F)(F)F)cc3)O2)c(C)c(C(=O)N2CCC(N3CCC(N(C)S(C)(=O)=O)CC3)CC2)n1. The Morgan fingerprint density at radius 3 is 2.24 bits per heavy atom. The minimum Gasteiger partial charge on any atom is -0.368 e. The number of sulfonamides is 1. The fourth-order valence-electron chi connectivity index (χ4n) is 6.68. The quantitative estimate of drug-likeness (QED) is 0.447. The van der Waals surface area contributed by atoms with Gasteiger partial charge >= 0.3 is 6.18 Å². The number of alkyl halides is 3. The van der Waals surface area contributed by atoms with Crippen LogP contribution in [0.3, 0.4) is 0 Å². The van der Waals surface area contributed by atoms with Gasteiger partial charge in [0.15, 0.2) is 0 Å². The molecule has 45 heavy (non-hydrogen) atoms. The molecular weight excluding hydrogens is 609 g/mol. The lowest BCUT2D eigenvalue weighted by Gasteiger charge is -2.43. The van der Waals surface area contributed by atoms with Gasteiger partial charge in [-0.15, -0.1) is 0 Å². The molecule has 10 nitrogen and oxygen atoms in total. The summed E-state index contributed by atoms with van der Waals surface area (Å²) in [5.41, 5.74) is 1.09. The molecule has 3 aliphatic rings. The maximum atomic E-state index is 13.6. The number of halogens is 3. The molecule has 3 fully saturated rings. The van der Waals surface area contributed by atoms with E-state index in [1.54, 1.807) is 14.0 Å². The summed E-state index contributed by atoms with van der Waals surface area (Å²) in [6.45, 7) is 6.98. The number of nitrogens with zero attached hydrogens (tertiary/aromatic N) is 5. The number of benzene rings is 1. The third-order valence-corrected chi connectivity index (χ3v) is 10.8. The molecule has 0 saturated carbocycles. The Morgan fingerprint density at radius 1 is 1.00 bits per heavy atom. The summed E-state index contributed by atoms with van der Waals surface area (Å²) in [7, 11) is -1.55. The van der Waals surface area contributed by atoms with Gasteiger partial charge in [-0.3, -0.25) is 4.79 Å². The number of nitrogens with one attached hydrogen (secondary N) is 1. The van der Waals surface area contributed by atoms with E-state index in [4.69, 9.17) is 4.74 Å². The van der Waals surface area contributed by atoms with Crippen LogP contribution in [0.25, 0.3) is 0 Å². The Hall–Kier alpha value is -2.81. The number of anilines is 1. The fraction of sp³-hybridized carbons (Fsp3) is 0.645. The van der Waals surface area contributed by atoms with Crippen molar-refractivity contribution in [3.8, 4) is 0 Å². The van der Waals surface area contributed by atoms with Crippen LogP contribution in [0.5, 0.6) is 0 Å². The lowest BCUT2D eigenvalue weighted by molar-refractivity contribution is -0.137. The lowest BCUT2D eigenvalue weighted by Crippen LogP contribution is -2.52. The number of carbonyl (C=O) groups is 1. The predicted octanol–water partition coefficient (Wildman–Crippen LogP) is 4.40. The minimum atomic E-state index is -4.37. The number of carbonyl (C=O) groups excluding carboxylic acids is 1. The molecular formula is C31H43F3N6O4S. The first-order chi connectivity index (χ1) is 21.2. The van der Waals surface area contributed by atoms with E-state index in [0.29, 0.717) is 55.0 Å². The smallest absolute Gasteiger partial charge is 0.368 e. The maximum Gasteiger partial charge on any atom is 0.416 e. The molecule has 2 unspecified atom stereocenters. The van der Waals surface area contributed by atoms with E-state index in [2.05, 4.69) is 20.2 Å². The van der Waals surface area contributed by atoms with Crippen molar-refractivity contribution in [2.75, 3.05) is 51.3 Å². The summed E-state index contributed by atoms with van der Waals surface area (Å²) in [5, 5.41) is 3.32. The van der Waals surface area contributed by atoms with Crippen LogP contribution >= 0.6 is 0 Å². The third kappa shape index (κ3) is 7.95. The van der Waals surface area contributed by atoms with Gasteiger partial charge in [-0.2, -0.15) is 13.2 Å². The normalized spacial score (nSPS) is 22.7. The first-order valence-corrected chi connectivity index (χ1v) is 17.4. The first-order valence-electron chi connectivity index (χ1n) is 15.6. The number of rotatable bonds is 8. The molecule has 3 saturated heterocycles. The summed E-state index contributed by atoms with van der Waals surface area (Å²) < 4.78 is 70.2. The topological polar surface area (TPSA) is 108 Å². The fourth-order valence-corrected chi connectivity index (χ4v) is 7.43. The highest BCUT2D eigenvalue weighted by Gasteiger charge is 2.34. The van der Waals surface area contributed by atoms with Gasteiger partial charge in [0.25, 0.3) is 5.91 Å². The largest absolute Gasteiger partial charge is 0.416 e. The first kappa shape index (κ1) is 33.6. The third-order valence-electron chi connectivity index (χ3n) is 9.48. The highest BCUT2D eigenvalue weighted by molar-refractivity contribution is 7.88. The molecule has 1 aromatic carbocycles. The van der Waals surface area contributed by atoms with Crippen LogP contribution < -0.4 is 5.32 Å². The van der Waals surface area contributed by atoms with E-state index in [-0.39, 0.29) is 24.2 Å². The van der Waals surface area contributed by atoms with Crippen LogP contribution in [0.2, 0.25) is 0 Å². The molecule has 5 rings (SSSR count). The average molecular weight is 653 g/mol. The van der Waals surface area contributed by atoms with Gasteiger partial charge in [-0.05, 0) is 83.2 Å². The summed E-state index contributed by atoms with van der Waals surface area (Å²) in [4.78, 5) is 26.9. The van der Waals surface area contributed by atoms with Gasteiger partial charge in [0.05, 0.1) is 24.0 Å². The van der Waals surface area contributed by atoms with Gasteiger partial charge < -0.3 is 19.9 Å². The molecule has 0 radical (unpaired) electrons. The molecule has 0 aliphatic carbocycles. The van der Waals surface area contributed by atoms with Crippen LogP contribution in [-0.4, -0.2) is 103 Å². The van der Waals surface area contributed by atoms with Crippen molar-refractivity contribution in [1.29, 1.82) is 0 Å². The molecule has 4 heterocycles. The van der Waals surface area contributed by atoms with Crippen molar-refractivity contribution in [3.05, 3.63) is 52.5 Å². The van der Waals surface area contributed by atoms with Crippen LogP contribution in [0.15, 0.2) is 24.3 Å². The Labute approximate surface area is 263 Å². The molecule has 1 amide bonds. The summed E-state index contributed by atoms with van der Waals surface area (Å²) in [6.07, 6.45) is 1.22. The summed E-state index contributed by atoms with van der Waals surface area (Å²) in [5.74, 6) is 0.940. The molecule has 1 N–H and O–H groups in total. The van der Waals surface area contributed by atoms with Crippen LogP contribution in [-0.2, 0) is 20.9 Å². The molecule has 2 atom stereocenters. The van der Waals surface area contributed by atoms with Gasteiger partial charge in [0.1, 0.15) is 17.3 Å². The predicted molar refractivity (Wildman–Crippen MR) is 164 cm³/mol. The van der Waals surface area contributed by atoms with E-state index in [1.807, 2.05) is 11.8 Å². The second kappa shape index (κ2) is 13.5. The molecule has 0 bridgehead atoms. The van der Waals surface area contributed by atoms with Gasteiger partial charge in [-0.25, -0.2) is 22.7 Å². The second-order valence-corrected chi connectivity index (χ2v) is 14.5.